The van der Waals surface area contributed by atoms with E-state index in [2.05, 4.69) is 6.92 Å². The third kappa shape index (κ3) is 5.21. The predicted molar refractivity (Wildman–Crippen MR) is 88.3 cm³/mol. The Morgan fingerprint density at radius 3 is 2.91 bits per heavy atom. The first-order valence-corrected chi connectivity index (χ1v) is 9.04. The molecule has 1 amide bonds. The number of thiophene rings is 1. The van der Waals surface area contributed by atoms with Crippen molar-refractivity contribution in [3.05, 3.63) is 22.4 Å². The third-order valence-corrected chi connectivity index (χ3v) is 4.86. The number of ether oxygens (including phenoxy) is 1. The van der Waals surface area contributed by atoms with Gasteiger partial charge < -0.3 is 9.64 Å². The molecule has 0 saturated carbocycles. The molecule has 0 aromatic carbocycles. The Bertz CT molecular complexity index is 472. The number of ketones is 1. The first kappa shape index (κ1) is 17.2. The molecule has 1 fully saturated rings. The van der Waals surface area contributed by atoms with Crippen LogP contribution in [0.2, 0.25) is 0 Å². The molecule has 2 rings (SSSR count). The summed E-state index contributed by atoms with van der Waals surface area (Å²) in [5, 5.41) is 1.89. The van der Waals surface area contributed by atoms with Gasteiger partial charge in [0.1, 0.15) is 0 Å². The van der Waals surface area contributed by atoms with Gasteiger partial charge in [-0.1, -0.05) is 13.0 Å². The third-order valence-electron chi connectivity index (χ3n) is 3.95. The van der Waals surface area contributed by atoms with Crippen LogP contribution >= 0.6 is 11.3 Å². The van der Waals surface area contributed by atoms with Crippen LogP contribution in [0.5, 0.6) is 0 Å². The van der Waals surface area contributed by atoms with Crippen LogP contribution in [0.1, 0.15) is 55.1 Å². The summed E-state index contributed by atoms with van der Waals surface area (Å²) in [6, 6.07) is 3.68. The average Bonchev–Trinajstić information content (AvgIpc) is 2.96. The largest absolute Gasteiger partial charge is 0.378 e. The molecule has 122 valence electrons. The lowest BCUT2D eigenvalue weighted by Gasteiger charge is -2.20. The van der Waals surface area contributed by atoms with Crippen molar-refractivity contribution in [3.8, 4) is 0 Å². The standard InChI is InChI=1S/C17H25NO3S/c1-2-12-21-14-5-3-10-18(11-9-14)17(20)8-7-15(19)16-6-4-13-22-16/h4,6,13-14H,2-3,5,7-12H2,1H3/t14-/m0/s1. The van der Waals surface area contributed by atoms with E-state index in [1.165, 1.54) is 11.3 Å². The lowest BCUT2D eigenvalue weighted by Crippen LogP contribution is -2.32. The molecule has 0 aliphatic carbocycles. The maximum Gasteiger partial charge on any atom is 0.223 e. The summed E-state index contributed by atoms with van der Waals surface area (Å²) in [6.07, 6.45) is 4.86. The van der Waals surface area contributed by atoms with Gasteiger partial charge in [0.15, 0.2) is 5.78 Å². The van der Waals surface area contributed by atoms with Gasteiger partial charge in [0, 0.05) is 32.5 Å². The van der Waals surface area contributed by atoms with E-state index in [-0.39, 0.29) is 17.8 Å². The van der Waals surface area contributed by atoms with Gasteiger partial charge in [-0.25, -0.2) is 0 Å². The molecular formula is C17H25NO3S. The van der Waals surface area contributed by atoms with Gasteiger partial charge in [0.2, 0.25) is 5.91 Å². The van der Waals surface area contributed by atoms with Crippen LogP contribution in [-0.4, -0.2) is 42.4 Å². The van der Waals surface area contributed by atoms with Gasteiger partial charge in [-0.2, -0.15) is 0 Å². The van der Waals surface area contributed by atoms with Gasteiger partial charge in [0.05, 0.1) is 11.0 Å². The fourth-order valence-corrected chi connectivity index (χ4v) is 3.40. The first-order chi connectivity index (χ1) is 10.7. The summed E-state index contributed by atoms with van der Waals surface area (Å²) in [5.41, 5.74) is 0. The quantitative estimate of drug-likeness (QED) is 0.721. The maximum absolute atomic E-state index is 12.3. The van der Waals surface area contributed by atoms with Crippen LogP contribution in [0, 0.1) is 0 Å². The average molecular weight is 323 g/mol. The number of hydrogen-bond donors (Lipinski definition) is 0. The summed E-state index contributed by atoms with van der Waals surface area (Å²) in [6.45, 7) is 4.45. The minimum Gasteiger partial charge on any atom is -0.378 e. The predicted octanol–water partition coefficient (Wildman–Crippen LogP) is 3.52. The molecule has 1 aromatic rings. The van der Waals surface area contributed by atoms with E-state index in [1.54, 1.807) is 0 Å². The molecule has 4 nitrogen and oxygen atoms in total. The van der Waals surface area contributed by atoms with Crippen LogP contribution in [0.25, 0.3) is 0 Å². The summed E-state index contributed by atoms with van der Waals surface area (Å²) >= 11 is 1.44. The molecule has 1 atom stereocenters. The van der Waals surface area contributed by atoms with Crippen LogP contribution < -0.4 is 0 Å². The highest BCUT2D eigenvalue weighted by atomic mass is 32.1. The monoisotopic (exact) mass is 323 g/mol. The Balaban J connectivity index is 1.74. The Labute approximate surface area is 136 Å². The van der Waals surface area contributed by atoms with Crippen molar-refractivity contribution in [1.29, 1.82) is 0 Å². The summed E-state index contributed by atoms with van der Waals surface area (Å²) in [7, 11) is 0. The number of likely N-dealkylation sites (tertiary alicyclic amines) is 1. The molecule has 2 heterocycles. The van der Waals surface area contributed by atoms with Crippen molar-refractivity contribution in [3.63, 3.8) is 0 Å². The second-order valence-electron chi connectivity index (χ2n) is 5.70. The van der Waals surface area contributed by atoms with Crippen LogP contribution in [0.3, 0.4) is 0 Å². The fraction of sp³-hybridized carbons (Fsp3) is 0.647. The van der Waals surface area contributed by atoms with Gasteiger partial charge in [-0.3, -0.25) is 9.59 Å². The molecule has 1 aliphatic rings. The Hall–Kier alpha value is -1.20. The summed E-state index contributed by atoms with van der Waals surface area (Å²) < 4.78 is 5.80. The van der Waals surface area contributed by atoms with Crippen LogP contribution in [-0.2, 0) is 9.53 Å². The zero-order valence-electron chi connectivity index (χ0n) is 13.3. The molecular weight excluding hydrogens is 298 g/mol. The second-order valence-corrected chi connectivity index (χ2v) is 6.65. The molecule has 1 aliphatic heterocycles. The van der Waals surface area contributed by atoms with Crippen molar-refractivity contribution in [1.82, 2.24) is 4.90 Å². The minimum atomic E-state index is 0.0716. The Morgan fingerprint density at radius 1 is 1.32 bits per heavy atom. The number of rotatable bonds is 7. The van der Waals surface area contributed by atoms with Gasteiger partial charge in [0.25, 0.3) is 0 Å². The van der Waals surface area contributed by atoms with E-state index < -0.39 is 0 Å². The topological polar surface area (TPSA) is 46.6 Å². The van der Waals surface area contributed by atoms with Crippen molar-refractivity contribution in [2.75, 3.05) is 19.7 Å². The number of nitrogens with zero attached hydrogens (tertiary/aromatic N) is 1. The van der Waals surface area contributed by atoms with Gasteiger partial charge >= 0.3 is 0 Å². The van der Waals surface area contributed by atoms with E-state index in [9.17, 15) is 9.59 Å². The lowest BCUT2D eigenvalue weighted by molar-refractivity contribution is -0.131. The highest BCUT2D eigenvalue weighted by Crippen LogP contribution is 2.17. The molecule has 0 unspecified atom stereocenters. The molecule has 5 heteroatoms. The van der Waals surface area contributed by atoms with Crippen LogP contribution in [0.15, 0.2) is 17.5 Å². The van der Waals surface area contributed by atoms with Crippen molar-refractivity contribution in [2.24, 2.45) is 0 Å². The van der Waals surface area contributed by atoms with E-state index in [1.807, 2.05) is 22.4 Å². The number of Topliss-reactive ketones (excluding diaryl/α,β-unsaturated/α-hetero) is 1. The maximum atomic E-state index is 12.3. The molecule has 0 radical (unpaired) electrons. The van der Waals surface area contributed by atoms with Crippen molar-refractivity contribution in [2.45, 2.75) is 51.6 Å². The normalized spacial score (nSPS) is 19.0. The fourth-order valence-electron chi connectivity index (χ4n) is 2.71. The minimum absolute atomic E-state index is 0.0716. The smallest absolute Gasteiger partial charge is 0.223 e. The van der Waals surface area contributed by atoms with Gasteiger partial charge in [-0.05, 0) is 37.1 Å². The Morgan fingerprint density at radius 2 is 2.18 bits per heavy atom. The molecule has 1 saturated heterocycles. The van der Waals surface area contributed by atoms with Crippen molar-refractivity contribution < 1.29 is 14.3 Å². The van der Waals surface area contributed by atoms with Gasteiger partial charge in [-0.15, -0.1) is 11.3 Å². The molecule has 22 heavy (non-hydrogen) atoms. The van der Waals surface area contributed by atoms with E-state index in [0.717, 1.165) is 50.3 Å². The number of carbonyl (C=O) groups excluding carboxylic acids is 2. The highest BCUT2D eigenvalue weighted by molar-refractivity contribution is 7.12. The molecule has 0 spiro atoms. The number of carbonyl (C=O) groups is 2. The molecule has 0 bridgehead atoms. The van der Waals surface area contributed by atoms with Crippen molar-refractivity contribution >= 4 is 23.0 Å². The second kappa shape index (κ2) is 9.06. The number of amides is 1. The summed E-state index contributed by atoms with van der Waals surface area (Å²) in [5.74, 6) is 0.170. The molecule has 0 N–H and O–H groups in total. The lowest BCUT2D eigenvalue weighted by atomic mass is 10.1. The van der Waals surface area contributed by atoms with Crippen LogP contribution in [0.4, 0.5) is 0 Å². The SMILES string of the molecule is CCCO[C@H]1CCCN(C(=O)CCC(=O)c2cccs2)CC1. The summed E-state index contributed by atoms with van der Waals surface area (Å²) in [4.78, 5) is 26.9. The highest BCUT2D eigenvalue weighted by Gasteiger charge is 2.21. The molecule has 1 aromatic heterocycles. The van der Waals surface area contributed by atoms with E-state index in [4.69, 9.17) is 4.74 Å². The van der Waals surface area contributed by atoms with E-state index >= 15 is 0 Å². The zero-order valence-corrected chi connectivity index (χ0v) is 14.1. The number of hydrogen-bond acceptors (Lipinski definition) is 4. The first-order valence-electron chi connectivity index (χ1n) is 8.16. The zero-order chi connectivity index (χ0) is 15.8. The van der Waals surface area contributed by atoms with E-state index in [0.29, 0.717) is 12.8 Å². The Kier molecular flexibility index (Phi) is 7.06.